The van der Waals surface area contributed by atoms with Crippen LogP contribution in [0.1, 0.15) is 35.7 Å². The Morgan fingerprint density at radius 2 is 1.75 bits per heavy atom. The van der Waals surface area contributed by atoms with Crippen LogP contribution in [0.3, 0.4) is 0 Å². The summed E-state index contributed by atoms with van der Waals surface area (Å²) in [5, 5.41) is 2.15. The van der Waals surface area contributed by atoms with Crippen LogP contribution < -0.4 is 0 Å². The molecular formula is C18H19NS. The van der Waals surface area contributed by atoms with Gasteiger partial charge in [-0.3, -0.25) is 4.90 Å². The SMILES string of the molecule is C(#CC(c1cccs1)N1CCCCC1)c1ccccc1. The molecule has 2 aromatic rings. The molecule has 2 heteroatoms. The summed E-state index contributed by atoms with van der Waals surface area (Å²) < 4.78 is 0. The van der Waals surface area contributed by atoms with Crippen LogP contribution in [0.5, 0.6) is 0 Å². The molecule has 1 fully saturated rings. The molecule has 0 N–H and O–H groups in total. The molecule has 1 saturated heterocycles. The van der Waals surface area contributed by atoms with E-state index in [1.165, 1.54) is 37.2 Å². The van der Waals surface area contributed by atoms with Crippen molar-refractivity contribution in [1.82, 2.24) is 4.90 Å². The van der Waals surface area contributed by atoms with Crippen LogP contribution in [-0.2, 0) is 0 Å². The number of rotatable bonds is 2. The van der Waals surface area contributed by atoms with Gasteiger partial charge in [0.05, 0.1) is 0 Å². The van der Waals surface area contributed by atoms with Gasteiger partial charge in [-0.15, -0.1) is 11.3 Å². The maximum Gasteiger partial charge on any atom is 0.107 e. The molecule has 0 amide bonds. The predicted molar refractivity (Wildman–Crippen MR) is 85.8 cm³/mol. The van der Waals surface area contributed by atoms with E-state index in [1.54, 1.807) is 0 Å². The summed E-state index contributed by atoms with van der Waals surface area (Å²) in [5.74, 6) is 6.84. The van der Waals surface area contributed by atoms with E-state index in [0.29, 0.717) is 0 Å². The third-order valence-corrected chi connectivity index (χ3v) is 4.62. The highest BCUT2D eigenvalue weighted by atomic mass is 32.1. The van der Waals surface area contributed by atoms with Gasteiger partial charge in [0.1, 0.15) is 6.04 Å². The van der Waals surface area contributed by atoms with Crippen molar-refractivity contribution in [2.45, 2.75) is 25.3 Å². The molecule has 3 rings (SSSR count). The normalized spacial score (nSPS) is 17.2. The topological polar surface area (TPSA) is 3.24 Å². The monoisotopic (exact) mass is 281 g/mol. The van der Waals surface area contributed by atoms with E-state index in [0.717, 1.165) is 5.56 Å². The van der Waals surface area contributed by atoms with Crippen molar-refractivity contribution < 1.29 is 0 Å². The molecule has 2 heterocycles. The van der Waals surface area contributed by atoms with Crippen LogP contribution in [-0.4, -0.2) is 18.0 Å². The Bertz CT molecular complexity index is 571. The van der Waals surface area contributed by atoms with Crippen molar-refractivity contribution >= 4 is 11.3 Å². The summed E-state index contributed by atoms with van der Waals surface area (Å²) in [6.45, 7) is 2.35. The van der Waals surface area contributed by atoms with E-state index < -0.39 is 0 Å². The first-order chi connectivity index (χ1) is 9.93. The van der Waals surface area contributed by atoms with Gasteiger partial charge in [0.15, 0.2) is 0 Å². The van der Waals surface area contributed by atoms with E-state index >= 15 is 0 Å². The first kappa shape index (κ1) is 13.4. The first-order valence-corrected chi connectivity index (χ1v) is 8.15. The highest BCUT2D eigenvalue weighted by molar-refractivity contribution is 7.10. The Balaban J connectivity index is 1.84. The molecule has 1 aromatic heterocycles. The summed E-state index contributed by atoms with van der Waals surface area (Å²) >= 11 is 1.82. The zero-order chi connectivity index (χ0) is 13.6. The van der Waals surface area contributed by atoms with Crippen LogP contribution in [0.15, 0.2) is 47.8 Å². The molecule has 0 radical (unpaired) electrons. The minimum Gasteiger partial charge on any atom is -0.285 e. The fraction of sp³-hybridized carbons (Fsp3) is 0.333. The Labute approximate surface area is 125 Å². The summed E-state index contributed by atoms with van der Waals surface area (Å²) in [5.41, 5.74) is 1.10. The number of hydrogen-bond donors (Lipinski definition) is 0. The van der Waals surface area contributed by atoms with E-state index in [4.69, 9.17) is 0 Å². The van der Waals surface area contributed by atoms with Crippen molar-refractivity contribution in [3.8, 4) is 11.8 Å². The van der Waals surface area contributed by atoms with Crippen molar-refractivity contribution in [1.29, 1.82) is 0 Å². The Morgan fingerprint density at radius 3 is 2.45 bits per heavy atom. The summed E-state index contributed by atoms with van der Waals surface area (Å²) in [7, 11) is 0. The van der Waals surface area contributed by atoms with Crippen molar-refractivity contribution in [3.05, 3.63) is 58.3 Å². The molecule has 20 heavy (non-hydrogen) atoms. The van der Waals surface area contributed by atoms with Gasteiger partial charge >= 0.3 is 0 Å². The second-order valence-electron chi connectivity index (χ2n) is 5.15. The molecule has 0 bridgehead atoms. The number of hydrogen-bond acceptors (Lipinski definition) is 2. The van der Waals surface area contributed by atoms with E-state index in [9.17, 15) is 0 Å². The van der Waals surface area contributed by atoms with Crippen molar-refractivity contribution in [2.75, 3.05) is 13.1 Å². The molecule has 1 aliphatic rings. The summed E-state index contributed by atoms with van der Waals surface area (Å²) in [6.07, 6.45) is 3.96. The average molecular weight is 281 g/mol. The molecule has 1 unspecified atom stereocenters. The fourth-order valence-electron chi connectivity index (χ4n) is 2.64. The Hall–Kier alpha value is -1.56. The van der Waals surface area contributed by atoms with E-state index in [-0.39, 0.29) is 6.04 Å². The van der Waals surface area contributed by atoms with Crippen LogP contribution in [0.25, 0.3) is 0 Å². The number of piperidine rings is 1. The van der Waals surface area contributed by atoms with Crippen LogP contribution in [0.4, 0.5) is 0 Å². The second-order valence-corrected chi connectivity index (χ2v) is 6.13. The van der Waals surface area contributed by atoms with Gasteiger partial charge in [-0.2, -0.15) is 0 Å². The zero-order valence-corrected chi connectivity index (χ0v) is 12.4. The third kappa shape index (κ3) is 3.30. The highest BCUT2D eigenvalue weighted by Gasteiger charge is 2.21. The molecule has 1 aliphatic heterocycles. The lowest BCUT2D eigenvalue weighted by Crippen LogP contribution is -2.32. The van der Waals surface area contributed by atoms with Gasteiger partial charge in [0.2, 0.25) is 0 Å². The molecule has 1 aromatic carbocycles. The quantitative estimate of drug-likeness (QED) is 0.741. The number of nitrogens with zero attached hydrogens (tertiary/aromatic N) is 1. The number of thiophene rings is 1. The first-order valence-electron chi connectivity index (χ1n) is 7.27. The third-order valence-electron chi connectivity index (χ3n) is 3.70. The largest absolute Gasteiger partial charge is 0.285 e. The number of likely N-dealkylation sites (tertiary alicyclic amines) is 1. The fourth-order valence-corrected chi connectivity index (χ4v) is 3.45. The van der Waals surface area contributed by atoms with Gasteiger partial charge < -0.3 is 0 Å². The van der Waals surface area contributed by atoms with Crippen molar-refractivity contribution in [3.63, 3.8) is 0 Å². The Morgan fingerprint density at radius 1 is 0.950 bits per heavy atom. The van der Waals surface area contributed by atoms with Gasteiger partial charge in [-0.05, 0) is 49.5 Å². The standard InChI is InChI=1S/C18H19NS/c1-3-8-16(9-4-1)11-12-17(18-10-7-15-20-18)19-13-5-2-6-14-19/h1,3-4,7-10,15,17H,2,5-6,13-14H2. The number of benzene rings is 1. The molecule has 102 valence electrons. The Kier molecular flexibility index (Phi) is 4.53. The molecule has 0 spiro atoms. The molecule has 0 saturated carbocycles. The lowest BCUT2D eigenvalue weighted by Gasteiger charge is -2.31. The minimum atomic E-state index is 0.260. The van der Waals surface area contributed by atoms with Gasteiger partial charge in [-0.1, -0.05) is 42.5 Å². The van der Waals surface area contributed by atoms with Crippen molar-refractivity contribution in [2.24, 2.45) is 0 Å². The van der Waals surface area contributed by atoms with E-state index in [2.05, 4.69) is 46.4 Å². The van der Waals surface area contributed by atoms with Gasteiger partial charge in [0, 0.05) is 10.4 Å². The smallest absolute Gasteiger partial charge is 0.107 e. The molecular weight excluding hydrogens is 262 g/mol. The van der Waals surface area contributed by atoms with Crippen LogP contribution in [0.2, 0.25) is 0 Å². The zero-order valence-electron chi connectivity index (χ0n) is 11.6. The van der Waals surface area contributed by atoms with Crippen LogP contribution in [0, 0.1) is 11.8 Å². The summed E-state index contributed by atoms with van der Waals surface area (Å²) in [4.78, 5) is 3.90. The molecule has 1 nitrogen and oxygen atoms in total. The summed E-state index contributed by atoms with van der Waals surface area (Å²) in [6, 6.07) is 14.9. The van der Waals surface area contributed by atoms with Gasteiger partial charge in [-0.25, -0.2) is 0 Å². The second kappa shape index (κ2) is 6.74. The lowest BCUT2D eigenvalue weighted by molar-refractivity contribution is 0.199. The van der Waals surface area contributed by atoms with Gasteiger partial charge in [0.25, 0.3) is 0 Å². The maximum atomic E-state index is 3.49. The molecule has 1 atom stereocenters. The highest BCUT2D eigenvalue weighted by Crippen LogP contribution is 2.27. The lowest BCUT2D eigenvalue weighted by atomic mass is 10.1. The minimum absolute atomic E-state index is 0.260. The predicted octanol–water partition coefficient (Wildman–Crippen LogP) is 4.33. The van der Waals surface area contributed by atoms with E-state index in [1.807, 2.05) is 29.5 Å². The average Bonchev–Trinajstić information content (AvgIpc) is 3.04. The molecule has 0 aliphatic carbocycles. The maximum absolute atomic E-state index is 3.49. The van der Waals surface area contributed by atoms with Crippen LogP contribution >= 0.6 is 11.3 Å².